The van der Waals surface area contributed by atoms with Crippen molar-refractivity contribution < 1.29 is 14.7 Å². The second-order valence-electron chi connectivity index (χ2n) is 5.22. The van der Waals surface area contributed by atoms with Gasteiger partial charge in [0.25, 0.3) is 0 Å². The van der Waals surface area contributed by atoms with E-state index in [1.807, 2.05) is 20.8 Å². The van der Waals surface area contributed by atoms with E-state index in [2.05, 4.69) is 9.97 Å². The van der Waals surface area contributed by atoms with Crippen molar-refractivity contribution >= 4 is 17.6 Å². The van der Waals surface area contributed by atoms with Crippen LogP contribution in [-0.4, -0.2) is 59.0 Å². The Bertz CT molecular complexity index is 529. The van der Waals surface area contributed by atoms with Crippen molar-refractivity contribution in [2.24, 2.45) is 0 Å². The largest absolute Gasteiger partial charge is 0.476 e. The molecule has 1 rings (SSSR count). The number of carbonyl (C=O) groups is 2. The molecule has 0 unspecified atom stereocenters. The van der Waals surface area contributed by atoms with E-state index in [0.717, 1.165) is 0 Å². The standard InChI is InChI=1S/C14H22N4O3/c1-6-18(8-11(19)17(4)5)10-7-15-13(9(2)3)16-12(10)14(20)21/h7,9H,6,8H2,1-5H3,(H,20,21). The van der Waals surface area contributed by atoms with Gasteiger partial charge in [-0.05, 0) is 6.92 Å². The van der Waals surface area contributed by atoms with Crippen LogP contribution in [0.2, 0.25) is 0 Å². The SMILES string of the molecule is CCN(CC(=O)N(C)C)c1cnc(C(C)C)nc1C(=O)O. The molecular weight excluding hydrogens is 272 g/mol. The zero-order valence-electron chi connectivity index (χ0n) is 13.1. The third-order valence-corrected chi connectivity index (χ3v) is 3.05. The molecule has 116 valence electrons. The number of aromatic carboxylic acids is 1. The lowest BCUT2D eigenvalue weighted by molar-refractivity contribution is -0.127. The summed E-state index contributed by atoms with van der Waals surface area (Å²) in [5.74, 6) is -0.715. The molecule has 0 saturated carbocycles. The average Bonchev–Trinajstić information content (AvgIpc) is 2.43. The third-order valence-electron chi connectivity index (χ3n) is 3.05. The van der Waals surface area contributed by atoms with Crippen LogP contribution in [-0.2, 0) is 4.79 Å². The Labute approximate surface area is 124 Å². The molecule has 0 radical (unpaired) electrons. The summed E-state index contributed by atoms with van der Waals surface area (Å²) in [4.78, 5) is 34.7. The molecule has 1 aromatic rings. The number of likely N-dealkylation sites (N-methyl/N-ethyl adjacent to an activating group) is 2. The molecule has 0 aliphatic heterocycles. The Hall–Kier alpha value is -2.18. The highest BCUT2D eigenvalue weighted by Gasteiger charge is 2.21. The van der Waals surface area contributed by atoms with E-state index in [4.69, 9.17) is 0 Å². The number of carboxylic acid groups (broad SMARTS) is 1. The lowest BCUT2D eigenvalue weighted by atomic mass is 10.2. The molecule has 1 aromatic heterocycles. The van der Waals surface area contributed by atoms with E-state index in [0.29, 0.717) is 18.1 Å². The minimum atomic E-state index is -1.12. The fourth-order valence-electron chi connectivity index (χ4n) is 1.73. The van der Waals surface area contributed by atoms with E-state index < -0.39 is 5.97 Å². The molecule has 1 N–H and O–H groups in total. The van der Waals surface area contributed by atoms with Gasteiger partial charge in [-0.25, -0.2) is 14.8 Å². The zero-order chi connectivity index (χ0) is 16.2. The molecule has 1 amide bonds. The molecule has 0 saturated heterocycles. The maximum absolute atomic E-state index is 11.8. The van der Waals surface area contributed by atoms with E-state index >= 15 is 0 Å². The first-order valence-corrected chi connectivity index (χ1v) is 6.83. The minimum absolute atomic E-state index is 0.0376. The fraction of sp³-hybridized carbons (Fsp3) is 0.571. The van der Waals surface area contributed by atoms with Crippen molar-refractivity contribution in [3.05, 3.63) is 17.7 Å². The summed E-state index contributed by atoms with van der Waals surface area (Å²) in [6, 6.07) is 0. The fourth-order valence-corrected chi connectivity index (χ4v) is 1.73. The van der Waals surface area contributed by atoms with Crippen molar-refractivity contribution in [2.75, 3.05) is 32.1 Å². The molecule has 7 nitrogen and oxygen atoms in total. The normalized spacial score (nSPS) is 10.6. The lowest BCUT2D eigenvalue weighted by Crippen LogP contribution is -2.37. The second-order valence-corrected chi connectivity index (χ2v) is 5.22. The molecule has 0 aliphatic carbocycles. The van der Waals surface area contributed by atoms with Crippen LogP contribution in [0.25, 0.3) is 0 Å². The van der Waals surface area contributed by atoms with Crippen LogP contribution in [0.5, 0.6) is 0 Å². The van der Waals surface area contributed by atoms with Gasteiger partial charge in [0, 0.05) is 26.6 Å². The summed E-state index contributed by atoms with van der Waals surface area (Å²) in [6.45, 7) is 6.23. The highest BCUT2D eigenvalue weighted by molar-refractivity contribution is 5.93. The molecule has 0 aromatic carbocycles. The number of rotatable bonds is 6. The monoisotopic (exact) mass is 294 g/mol. The van der Waals surface area contributed by atoms with Gasteiger partial charge in [0.2, 0.25) is 5.91 Å². The molecule has 0 aliphatic rings. The summed E-state index contributed by atoms with van der Waals surface area (Å²) < 4.78 is 0. The van der Waals surface area contributed by atoms with E-state index in [1.54, 1.807) is 19.0 Å². The smallest absolute Gasteiger partial charge is 0.356 e. The van der Waals surface area contributed by atoms with Gasteiger partial charge < -0.3 is 14.9 Å². The lowest BCUT2D eigenvalue weighted by Gasteiger charge is -2.25. The van der Waals surface area contributed by atoms with E-state index in [9.17, 15) is 14.7 Å². The maximum atomic E-state index is 11.8. The van der Waals surface area contributed by atoms with Crippen molar-refractivity contribution in [1.29, 1.82) is 0 Å². The van der Waals surface area contributed by atoms with Crippen LogP contribution in [0.15, 0.2) is 6.20 Å². The number of hydrogen-bond acceptors (Lipinski definition) is 5. The molecule has 1 heterocycles. The number of carbonyl (C=O) groups excluding carboxylic acids is 1. The van der Waals surface area contributed by atoms with E-state index in [-0.39, 0.29) is 24.1 Å². The topological polar surface area (TPSA) is 86.6 Å². The van der Waals surface area contributed by atoms with Gasteiger partial charge in [-0.2, -0.15) is 0 Å². The summed E-state index contributed by atoms with van der Waals surface area (Å²) >= 11 is 0. The van der Waals surface area contributed by atoms with Gasteiger partial charge in [-0.3, -0.25) is 4.79 Å². The average molecular weight is 294 g/mol. The van der Waals surface area contributed by atoms with Crippen LogP contribution in [0.3, 0.4) is 0 Å². The Balaban J connectivity index is 3.19. The Morgan fingerprint density at radius 3 is 2.38 bits per heavy atom. The maximum Gasteiger partial charge on any atom is 0.356 e. The minimum Gasteiger partial charge on any atom is -0.476 e. The summed E-state index contributed by atoms with van der Waals surface area (Å²) in [5.41, 5.74) is 0.298. The number of anilines is 1. The van der Waals surface area contributed by atoms with Crippen molar-refractivity contribution in [2.45, 2.75) is 26.7 Å². The molecule has 0 bridgehead atoms. The Morgan fingerprint density at radius 1 is 1.33 bits per heavy atom. The van der Waals surface area contributed by atoms with Crippen molar-refractivity contribution in [3.8, 4) is 0 Å². The van der Waals surface area contributed by atoms with Crippen LogP contribution >= 0.6 is 0 Å². The third kappa shape index (κ3) is 4.14. The Morgan fingerprint density at radius 2 is 1.95 bits per heavy atom. The van der Waals surface area contributed by atoms with Gasteiger partial charge in [0.15, 0.2) is 5.69 Å². The molecule has 7 heteroatoms. The molecule has 0 spiro atoms. The number of hydrogen-bond donors (Lipinski definition) is 1. The summed E-state index contributed by atoms with van der Waals surface area (Å²) in [6.07, 6.45) is 1.48. The second kappa shape index (κ2) is 7.01. The first-order valence-electron chi connectivity index (χ1n) is 6.83. The van der Waals surface area contributed by atoms with Crippen LogP contribution in [0, 0.1) is 0 Å². The molecule has 0 fully saturated rings. The van der Waals surface area contributed by atoms with Gasteiger partial charge in [-0.15, -0.1) is 0 Å². The van der Waals surface area contributed by atoms with Gasteiger partial charge in [-0.1, -0.05) is 13.8 Å². The zero-order valence-corrected chi connectivity index (χ0v) is 13.1. The van der Waals surface area contributed by atoms with Crippen molar-refractivity contribution in [3.63, 3.8) is 0 Å². The summed E-state index contributed by atoms with van der Waals surface area (Å²) in [5, 5.41) is 9.35. The number of amides is 1. The van der Waals surface area contributed by atoms with Gasteiger partial charge in [0.1, 0.15) is 5.82 Å². The highest BCUT2D eigenvalue weighted by atomic mass is 16.4. The van der Waals surface area contributed by atoms with Crippen molar-refractivity contribution in [1.82, 2.24) is 14.9 Å². The predicted octanol–water partition coefficient (Wildman–Crippen LogP) is 1.21. The van der Waals surface area contributed by atoms with Crippen LogP contribution in [0.4, 0.5) is 5.69 Å². The van der Waals surface area contributed by atoms with Crippen LogP contribution < -0.4 is 4.90 Å². The molecular formula is C14H22N4O3. The number of carboxylic acids is 1. The number of aromatic nitrogens is 2. The summed E-state index contributed by atoms with van der Waals surface area (Å²) in [7, 11) is 3.32. The highest BCUT2D eigenvalue weighted by Crippen LogP contribution is 2.20. The Kier molecular flexibility index (Phi) is 5.63. The quantitative estimate of drug-likeness (QED) is 0.848. The predicted molar refractivity (Wildman–Crippen MR) is 79.7 cm³/mol. The van der Waals surface area contributed by atoms with E-state index in [1.165, 1.54) is 11.1 Å². The first kappa shape index (κ1) is 16.9. The van der Waals surface area contributed by atoms with Gasteiger partial charge >= 0.3 is 5.97 Å². The molecule has 0 atom stereocenters. The first-order chi connectivity index (χ1) is 9.77. The molecule has 21 heavy (non-hydrogen) atoms. The van der Waals surface area contributed by atoms with Crippen LogP contribution in [0.1, 0.15) is 43.0 Å². The number of nitrogens with zero attached hydrogens (tertiary/aromatic N) is 4. The van der Waals surface area contributed by atoms with Gasteiger partial charge in [0.05, 0.1) is 18.4 Å².